The van der Waals surface area contributed by atoms with Crippen LogP contribution in [0.1, 0.15) is 19.8 Å². The first-order valence-electron chi connectivity index (χ1n) is 7.43. The predicted octanol–water partition coefficient (Wildman–Crippen LogP) is 2.72. The first-order valence-corrected chi connectivity index (χ1v) is 8.41. The van der Waals surface area contributed by atoms with Gasteiger partial charge in [0.15, 0.2) is 0 Å². The Hall–Kier alpha value is -1.56. The van der Waals surface area contributed by atoms with Crippen molar-refractivity contribution in [3.63, 3.8) is 0 Å². The Kier molecular flexibility index (Phi) is 6.24. The number of piperidine rings is 1. The summed E-state index contributed by atoms with van der Waals surface area (Å²) in [5.74, 6) is -0.423. The van der Waals surface area contributed by atoms with Crippen molar-refractivity contribution in [2.24, 2.45) is 5.92 Å². The maximum atomic E-state index is 12.8. The van der Waals surface area contributed by atoms with E-state index in [4.69, 9.17) is 4.74 Å². The van der Waals surface area contributed by atoms with Gasteiger partial charge < -0.3 is 9.64 Å². The molecule has 1 saturated heterocycles. The minimum absolute atomic E-state index is 0.00308. The number of benzene rings is 1. The molecule has 6 heteroatoms. The lowest BCUT2D eigenvalue weighted by Crippen LogP contribution is -2.43. The van der Waals surface area contributed by atoms with Crippen molar-refractivity contribution in [2.45, 2.75) is 24.7 Å². The third-order valence-electron chi connectivity index (χ3n) is 3.57. The van der Waals surface area contributed by atoms with Crippen LogP contribution in [0.15, 0.2) is 29.2 Å². The highest BCUT2D eigenvalue weighted by Gasteiger charge is 2.29. The van der Waals surface area contributed by atoms with E-state index >= 15 is 0 Å². The summed E-state index contributed by atoms with van der Waals surface area (Å²) in [4.78, 5) is 26.6. The van der Waals surface area contributed by atoms with Crippen molar-refractivity contribution in [3.8, 4) is 0 Å². The van der Waals surface area contributed by atoms with E-state index in [0.717, 1.165) is 17.7 Å². The second-order valence-electron chi connectivity index (χ2n) is 5.17. The Labute approximate surface area is 134 Å². The molecule has 0 saturated carbocycles. The Morgan fingerprint density at radius 1 is 1.36 bits per heavy atom. The van der Waals surface area contributed by atoms with Gasteiger partial charge in [-0.15, -0.1) is 11.8 Å². The summed E-state index contributed by atoms with van der Waals surface area (Å²) in [7, 11) is 0. The fourth-order valence-corrected chi connectivity index (χ4v) is 3.22. The van der Waals surface area contributed by atoms with Gasteiger partial charge in [0.2, 0.25) is 5.91 Å². The second-order valence-corrected chi connectivity index (χ2v) is 6.22. The van der Waals surface area contributed by atoms with E-state index in [0.29, 0.717) is 25.4 Å². The first-order chi connectivity index (χ1) is 10.6. The summed E-state index contributed by atoms with van der Waals surface area (Å²) >= 11 is 1.38. The normalized spacial score (nSPS) is 18.1. The van der Waals surface area contributed by atoms with Crippen molar-refractivity contribution in [1.82, 2.24) is 4.90 Å². The SMILES string of the molecule is CCOC(=O)C1CCCN(C(=O)CSc2ccc(F)cc2)C1. The lowest BCUT2D eigenvalue weighted by atomic mass is 9.98. The van der Waals surface area contributed by atoms with Gasteiger partial charge in [-0.2, -0.15) is 0 Å². The van der Waals surface area contributed by atoms with Gasteiger partial charge in [-0.05, 0) is 44.0 Å². The molecule has 1 heterocycles. The van der Waals surface area contributed by atoms with Crippen molar-refractivity contribution < 1.29 is 18.7 Å². The van der Waals surface area contributed by atoms with Crippen LogP contribution in [0.25, 0.3) is 0 Å². The first kappa shape index (κ1) is 16.8. The quantitative estimate of drug-likeness (QED) is 0.617. The van der Waals surface area contributed by atoms with Crippen LogP contribution in [0.4, 0.5) is 4.39 Å². The molecule has 0 N–H and O–H groups in total. The lowest BCUT2D eigenvalue weighted by Gasteiger charge is -2.31. The summed E-state index contributed by atoms with van der Waals surface area (Å²) in [6.45, 7) is 3.26. The number of carbonyl (C=O) groups excluding carboxylic acids is 2. The molecule has 22 heavy (non-hydrogen) atoms. The molecule has 4 nitrogen and oxygen atoms in total. The van der Waals surface area contributed by atoms with Crippen LogP contribution >= 0.6 is 11.8 Å². The third kappa shape index (κ3) is 4.73. The molecule has 1 atom stereocenters. The van der Waals surface area contributed by atoms with Crippen molar-refractivity contribution in [1.29, 1.82) is 0 Å². The molecule has 0 aromatic heterocycles. The molecule has 1 aromatic rings. The van der Waals surface area contributed by atoms with Gasteiger partial charge in [-0.1, -0.05) is 0 Å². The molecule has 1 aliphatic heterocycles. The van der Waals surface area contributed by atoms with Crippen molar-refractivity contribution >= 4 is 23.6 Å². The fraction of sp³-hybridized carbons (Fsp3) is 0.500. The molecule has 0 aliphatic carbocycles. The summed E-state index contributed by atoms with van der Waals surface area (Å²) in [5, 5.41) is 0. The monoisotopic (exact) mass is 325 g/mol. The molecule has 0 radical (unpaired) electrons. The van der Waals surface area contributed by atoms with Gasteiger partial charge in [0.1, 0.15) is 5.82 Å². The molecule has 1 amide bonds. The number of ether oxygens (including phenoxy) is 1. The second kappa shape index (κ2) is 8.17. The summed E-state index contributed by atoms with van der Waals surface area (Å²) in [6.07, 6.45) is 1.59. The third-order valence-corrected chi connectivity index (χ3v) is 4.57. The maximum Gasteiger partial charge on any atom is 0.310 e. The fourth-order valence-electron chi connectivity index (χ4n) is 2.42. The van der Waals surface area contributed by atoms with E-state index in [9.17, 15) is 14.0 Å². The van der Waals surface area contributed by atoms with Gasteiger partial charge in [0.25, 0.3) is 0 Å². The number of rotatable bonds is 5. The smallest absolute Gasteiger partial charge is 0.310 e. The number of halogens is 1. The van der Waals surface area contributed by atoms with Crippen LogP contribution < -0.4 is 0 Å². The molecule has 1 fully saturated rings. The summed E-state index contributed by atoms with van der Waals surface area (Å²) < 4.78 is 17.9. The lowest BCUT2D eigenvalue weighted by molar-refractivity contribution is -0.151. The number of nitrogens with zero attached hydrogens (tertiary/aromatic N) is 1. The van der Waals surface area contributed by atoms with E-state index in [-0.39, 0.29) is 23.6 Å². The van der Waals surface area contributed by atoms with Gasteiger partial charge in [0, 0.05) is 18.0 Å². The molecule has 2 rings (SSSR count). The minimum atomic E-state index is -0.288. The largest absolute Gasteiger partial charge is 0.466 e. The van der Waals surface area contributed by atoms with Gasteiger partial charge in [0.05, 0.1) is 18.3 Å². The minimum Gasteiger partial charge on any atom is -0.466 e. The summed E-state index contributed by atoms with van der Waals surface area (Å²) in [6, 6.07) is 6.07. The maximum absolute atomic E-state index is 12.8. The molecule has 1 unspecified atom stereocenters. The molecule has 0 spiro atoms. The zero-order valence-corrected chi connectivity index (χ0v) is 13.4. The van der Waals surface area contributed by atoms with E-state index < -0.39 is 0 Å². The number of esters is 1. The molecule has 0 bridgehead atoms. The van der Waals surface area contributed by atoms with Crippen LogP contribution in [0.3, 0.4) is 0 Å². The molecular weight excluding hydrogens is 305 g/mol. The standard InChI is InChI=1S/C16H20FNO3S/c1-2-21-16(20)12-4-3-9-18(10-12)15(19)11-22-14-7-5-13(17)6-8-14/h5-8,12H,2-4,9-11H2,1H3. The molecule has 120 valence electrons. The van der Waals surface area contributed by atoms with Gasteiger partial charge >= 0.3 is 5.97 Å². The van der Waals surface area contributed by atoms with Gasteiger partial charge in [-0.25, -0.2) is 4.39 Å². The zero-order chi connectivity index (χ0) is 15.9. The van der Waals surface area contributed by atoms with Crippen LogP contribution in [-0.4, -0.2) is 42.2 Å². The average molecular weight is 325 g/mol. The zero-order valence-electron chi connectivity index (χ0n) is 12.6. The number of amides is 1. The predicted molar refractivity (Wildman–Crippen MR) is 83.1 cm³/mol. The molecule has 1 aromatic carbocycles. The number of carbonyl (C=O) groups is 2. The van der Waals surface area contributed by atoms with Gasteiger partial charge in [-0.3, -0.25) is 9.59 Å². The van der Waals surface area contributed by atoms with Crippen LogP contribution in [0, 0.1) is 11.7 Å². The number of hydrogen-bond acceptors (Lipinski definition) is 4. The van der Waals surface area contributed by atoms with Crippen LogP contribution in [0.5, 0.6) is 0 Å². The van der Waals surface area contributed by atoms with Crippen molar-refractivity contribution in [2.75, 3.05) is 25.4 Å². The summed E-state index contributed by atoms with van der Waals surface area (Å²) in [5.41, 5.74) is 0. The molecule has 1 aliphatic rings. The van der Waals surface area contributed by atoms with E-state index in [1.165, 1.54) is 23.9 Å². The highest BCUT2D eigenvalue weighted by Crippen LogP contribution is 2.22. The highest BCUT2D eigenvalue weighted by molar-refractivity contribution is 8.00. The van der Waals surface area contributed by atoms with E-state index in [2.05, 4.69) is 0 Å². The number of hydrogen-bond donors (Lipinski definition) is 0. The van der Waals surface area contributed by atoms with Crippen LogP contribution in [-0.2, 0) is 14.3 Å². The Morgan fingerprint density at radius 2 is 2.09 bits per heavy atom. The van der Waals surface area contributed by atoms with Crippen LogP contribution in [0.2, 0.25) is 0 Å². The Balaban J connectivity index is 1.83. The molecular formula is C16H20FNO3S. The highest BCUT2D eigenvalue weighted by atomic mass is 32.2. The van der Waals surface area contributed by atoms with E-state index in [1.54, 1.807) is 24.0 Å². The topological polar surface area (TPSA) is 46.6 Å². The van der Waals surface area contributed by atoms with Crippen molar-refractivity contribution in [3.05, 3.63) is 30.1 Å². The average Bonchev–Trinajstić information content (AvgIpc) is 2.54. The number of thioether (sulfide) groups is 1. The number of likely N-dealkylation sites (tertiary alicyclic amines) is 1. The van der Waals surface area contributed by atoms with E-state index in [1.807, 2.05) is 0 Å². The Bertz CT molecular complexity index is 521. The Morgan fingerprint density at radius 3 is 2.77 bits per heavy atom.